The third-order valence-corrected chi connectivity index (χ3v) is 4.63. The first-order valence-electron chi connectivity index (χ1n) is 6.84. The lowest BCUT2D eigenvalue weighted by Gasteiger charge is -2.42. The predicted molar refractivity (Wildman–Crippen MR) is 66.8 cm³/mol. The van der Waals surface area contributed by atoms with Crippen molar-refractivity contribution in [2.45, 2.75) is 51.4 Å². The second kappa shape index (κ2) is 4.12. The molecule has 0 N–H and O–H groups in total. The van der Waals surface area contributed by atoms with Gasteiger partial charge in [-0.25, -0.2) is 0 Å². The third-order valence-electron chi connectivity index (χ3n) is 4.63. The minimum atomic E-state index is -0.327. The summed E-state index contributed by atoms with van der Waals surface area (Å²) >= 11 is 0. The maximum Gasteiger partial charge on any atom is 0.168 e. The molecule has 1 saturated heterocycles. The molecular formula is C13H21N3O2. The maximum atomic E-state index is 8.50. The normalized spacial score (nSPS) is 40.4. The molecule has 3 rings (SSSR count). The summed E-state index contributed by atoms with van der Waals surface area (Å²) < 4.78 is 12.1. The van der Waals surface area contributed by atoms with Gasteiger partial charge in [0.1, 0.15) is 0 Å². The van der Waals surface area contributed by atoms with E-state index in [2.05, 4.69) is 23.9 Å². The number of hydrogen-bond donors (Lipinski definition) is 0. The van der Waals surface area contributed by atoms with Crippen molar-refractivity contribution in [1.82, 2.24) is 0 Å². The highest BCUT2D eigenvalue weighted by Gasteiger charge is 2.53. The monoisotopic (exact) mass is 251 g/mol. The van der Waals surface area contributed by atoms with Crippen molar-refractivity contribution in [3.63, 3.8) is 0 Å². The van der Waals surface area contributed by atoms with Crippen LogP contribution in [0.4, 0.5) is 0 Å². The Balaban J connectivity index is 1.63. The lowest BCUT2D eigenvalue weighted by Crippen LogP contribution is -2.46. The van der Waals surface area contributed by atoms with Crippen LogP contribution in [0.3, 0.4) is 0 Å². The van der Waals surface area contributed by atoms with Gasteiger partial charge in [-0.05, 0) is 30.2 Å². The number of rotatable bonds is 1. The molecule has 1 aliphatic heterocycles. The largest absolute Gasteiger partial charge is 0.349 e. The van der Waals surface area contributed by atoms with E-state index in [1.807, 2.05) is 0 Å². The lowest BCUT2D eigenvalue weighted by atomic mass is 9.94. The molecule has 0 bridgehead atoms. The molecule has 1 spiro atoms. The highest BCUT2D eigenvalue weighted by molar-refractivity contribution is 4.99. The second-order valence-corrected chi connectivity index (χ2v) is 6.91. The fraction of sp³-hybridized carbons (Fsp3) is 1.00. The van der Waals surface area contributed by atoms with Gasteiger partial charge in [0.05, 0.1) is 13.2 Å². The van der Waals surface area contributed by atoms with Crippen LogP contribution >= 0.6 is 0 Å². The Kier molecular flexibility index (Phi) is 2.81. The molecule has 1 heterocycles. The Morgan fingerprint density at radius 3 is 2.17 bits per heavy atom. The highest BCUT2D eigenvalue weighted by atomic mass is 16.7. The van der Waals surface area contributed by atoms with Crippen LogP contribution in [0, 0.1) is 17.3 Å². The lowest BCUT2D eigenvalue weighted by molar-refractivity contribution is -0.297. The number of azide groups is 1. The molecule has 3 aliphatic rings. The minimum Gasteiger partial charge on any atom is -0.349 e. The van der Waals surface area contributed by atoms with Crippen molar-refractivity contribution < 1.29 is 9.47 Å². The van der Waals surface area contributed by atoms with Gasteiger partial charge in [-0.15, -0.1) is 0 Å². The second-order valence-electron chi connectivity index (χ2n) is 6.91. The van der Waals surface area contributed by atoms with Crippen molar-refractivity contribution in [2.24, 2.45) is 22.4 Å². The summed E-state index contributed by atoms with van der Waals surface area (Å²) in [5.74, 6) is 0.898. The molecule has 2 saturated carbocycles. The Labute approximate surface area is 107 Å². The van der Waals surface area contributed by atoms with Gasteiger partial charge in [-0.2, -0.15) is 0 Å². The summed E-state index contributed by atoms with van der Waals surface area (Å²) in [4.78, 5) is 2.93. The molecule has 5 heteroatoms. The van der Waals surface area contributed by atoms with E-state index in [0.29, 0.717) is 11.8 Å². The van der Waals surface area contributed by atoms with Crippen molar-refractivity contribution in [1.29, 1.82) is 0 Å². The Bertz CT molecular complexity index is 364. The van der Waals surface area contributed by atoms with Gasteiger partial charge in [0.25, 0.3) is 0 Å². The highest BCUT2D eigenvalue weighted by Crippen LogP contribution is 2.53. The molecule has 1 unspecified atom stereocenters. The van der Waals surface area contributed by atoms with Gasteiger partial charge in [-0.3, -0.25) is 0 Å². The van der Waals surface area contributed by atoms with Crippen LogP contribution in [-0.2, 0) is 9.47 Å². The predicted octanol–water partition coefficient (Wildman–Crippen LogP) is 3.25. The van der Waals surface area contributed by atoms with Crippen LogP contribution in [0.15, 0.2) is 5.11 Å². The van der Waals surface area contributed by atoms with Crippen LogP contribution < -0.4 is 0 Å². The minimum absolute atomic E-state index is 0.136. The number of hydrogen-bond acceptors (Lipinski definition) is 3. The van der Waals surface area contributed by atoms with Crippen LogP contribution in [0.2, 0.25) is 0 Å². The van der Waals surface area contributed by atoms with Crippen molar-refractivity contribution in [3.05, 3.63) is 10.4 Å². The van der Waals surface area contributed by atoms with Crippen molar-refractivity contribution in [2.75, 3.05) is 13.2 Å². The van der Waals surface area contributed by atoms with Crippen molar-refractivity contribution in [3.8, 4) is 0 Å². The summed E-state index contributed by atoms with van der Waals surface area (Å²) in [5.41, 5.74) is 8.63. The molecule has 2 aliphatic carbocycles. The molecule has 0 radical (unpaired) electrons. The van der Waals surface area contributed by atoms with Crippen LogP contribution in [0.5, 0.6) is 0 Å². The average molecular weight is 251 g/mol. The van der Waals surface area contributed by atoms with E-state index in [1.165, 1.54) is 0 Å². The Morgan fingerprint density at radius 2 is 1.67 bits per heavy atom. The first-order chi connectivity index (χ1) is 8.52. The van der Waals surface area contributed by atoms with E-state index in [-0.39, 0.29) is 17.2 Å². The van der Waals surface area contributed by atoms with Crippen LogP contribution in [0.25, 0.3) is 10.4 Å². The molecule has 5 nitrogen and oxygen atoms in total. The number of nitrogens with zero attached hydrogens (tertiary/aromatic N) is 3. The number of fused-ring (bicyclic) bond motifs is 1. The summed E-state index contributed by atoms with van der Waals surface area (Å²) in [6.45, 7) is 5.92. The van der Waals surface area contributed by atoms with Gasteiger partial charge >= 0.3 is 0 Å². The summed E-state index contributed by atoms with van der Waals surface area (Å²) in [5, 5.41) is 3.86. The smallest absolute Gasteiger partial charge is 0.168 e. The zero-order valence-corrected chi connectivity index (χ0v) is 11.1. The number of ether oxygens (including phenoxy) is 2. The summed E-state index contributed by atoms with van der Waals surface area (Å²) in [6.07, 6.45) is 3.97. The quantitative estimate of drug-likeness (QED) is 0.408. The zero-order chi connectivity index (χ0) is 12.8. The molecule has 100 valence electrons. The fourth-order valence-electron chi connectivity index (χ4n) is 3.70. The van der Waals surface area contributed by atoms with Gasteiger partial charge < -0.3 is 9.47 Å². The molecule has 0 aromatic rings. The zero-order valence-electron chi connectivity index (χ0n) is 11.1. The first-order valence-corrected chi connectivity index (χ1v) is 6.84. The van der Waals surface area contributed by atoms with E-state index in [9.17, 15) is 0 Å². The molecule has 3 fully saturated rings. The van der Waals surface area contributed by atoms with Gasteiger partial charge in [0.2, 0.25) is 0 Å². The Morgan fingerprint density at radius 1 is 1.11 bits per heavy atom. The molecular weight excluding hydrogens is 230 g/mol. The van der Waals surface area contributed by atoms with Crippen molar-refractivity contribution >= 4 is 0 Å². The van der Waals surface area contributed by atoms with E-state index < -0.39 is 0 Å². The maximum absolute atomic E-state index is 8.50. The molecule has 3 atom stereocenters. The van der Waals surface area contributed by atoms with E-state index >= 15 is 0 Å². The van der Waals surface area contributed by atoms with Crippen LogP contribution in [-0.4, -0.2) is 25.0 Å². The standard InChI is InChI=1S/C13H21N3O2/c1-12(2)7-17-13(18-8-12)5-9-3-11(15-16-14)4-10(9)6-13/h9-11H,3-8H2,1-2H3/t9-,10+,11?. The topological polar surface area (TPSA) is 67.2 Å². The van der Waals surface area contributed by atoms with E-state index in [1.54, 1.807) is 0 Å². The van der Waals surface area contributed by atoms with Gasteiger partial charge in [0.15, 0.2) is 5.79 Å². The molecule has 0 aromatic carbocycles. The summed E-state index contributed by atoms with van der Waals surface area (Å²) in [7, 11) is 0. The SMILES string of the molecule is CC1(C)COC2(C[C@H]3CC(N=[N+]=[N-])C[C@H]3C2)OC1. The Hall–Kier alpha value is -0.770. The van der Waals surface area contributed by atoms with E-state index in [4.69, 9.17) is 15.0 Å². The third kappa shape index (κ3) is 2.11. The fourth-order valence-corrected chi connectivity index (χ4v) is 3.70. The van der Waals surface area contributed by atoms with E-state index in [0.717, 1.165) is 38.9 Å². The molecule has 18 heavy (non-hydrogen) atoms. The molecule has 0 amide bonds. The first kappa shape index (κ1) is 12.3. The molecule has 0 aromatic heterocycles. The average Bonchev–Trinajstić information content (AvgIpc) is 2.79. The van der Waals surface area contributed by atoms with Gasteiger partial charge in [-0.1, -0.05) is 19.0 Å². The van der Waals surface area contributed by atoms with Crippen LogP contribution in [0.1, 0.15) is 39.5 Å². The van der Waals surface area contributed by atoms with Gasteiger partial charge in [0, 0.05) is 29.2 Å². The summed E-state index contributed by atoms with van der Waals surface area (Å²) in [6, 6.07) is 0.197.